The highest BCUT2D eigenvalue weighted by Crippen LogP contribution is 2.35. The van der Waals surface area contributed by atoms with Crippen molar-refractivity contribution in [2.75, 3.05) is 32.5 Å². The van der Waals surface area contributed by atoms with E-state index in [4.69, 9.17) is 27.1 Å². The third kappa shape index (κ3) is 4.97. The Morgan fingerprint density at radius 3 is 2.57 bits per heavy atom. The summed E-state index contributed by atoms with van der Waals surface area (Å²) in [6, 6.07) is 17.1. The number of hydrogen-bond donors (Lipinski definition) is 1. The lowest BCUT2D eigenvalue weighted by molar-refractivity contribution is 0.0378. The maximum absolute atomic E-state index is 13.0. The molecule has 2 aromatic heterocycles. The van der Waals surface area contributed by atoms with Crippen molar-refractivity contribution in [1.82, 2.24) is 19.9 Å². The van der Waals surface area contributed by atoms with Crippen LogP contribution in [0.3, 0.4) is 0 Å². The first-order valence-electron chi connectivity index (χ1n) is 11.6. The third-order valence-electron chi connectivity index (χ3n) is 6.38. The highest BCUT2D eigenvalue weighted by Gasteiger charge is 2.24. The summed E-state index contributed by atoms with van der Waals surface area (Å²) < 4.78 is 5.64. The first-order chi connectivity index (χ1) is 17.0. The molecule has 178 valence electrons. The normalized spacial score (nSPS) is 14.8. The number of pyridine rings is 1. The molecule has 0 atom stereocenters. The minimum atomic E-state index is -0.566. The number of halogens is 1. The molecule has 3 heterocycles. The number of anilines is 1. The number of nitrogen functional groups attached to an aromatic ring is 1. The monoisotopic (exact) mass is 487 g/mol. The van der Waals surface area contributed by atoms with E-state index in [1.54, 1.807) is 12.3 Å². The van der Waals surface area contributed by atoms with E-state index in [9.17, 15) is 4.79 Å². The van der Waals surface area contributed by atoms with Crippen molar-refractivity contribution in [3.63, 3.8) is 0 Å². The Morgan fingerprint density at radius 2 is 1.80 bits per heavy atom. The molecular weight excluding hydrogens is 462 g/mol. The average molecular weight is 488 g/mol. The number of carbonyl (C=O) groups excluding carboxylic acids is 1. The molecule has 5 rings (SSSR count). The maximum Gasteiger partial charge on any atom is 0.360 e. The van der Waals surface area contributed by atoms with Crippen LogP contribution >= 0.6 is 11.6 Å². The fourth-order valence-electron chi connectivity index (χ4n) is 4.37. The van der Waals surface area contributed by atoms with Crippen molar-refractivity contribution in [1.29, 1.82) is 0 Å². The van der Waals surface area contributed by atoms with Gasteiger partial charge in [-0.15, -0.1) is 0 Å². The van der Waals surface area contributed by atoms with Crippen LogP contribution in [0, 0.1) is 5.92 Å². The second-order valence-corrected chi connectivity index (χ2v) is 9.31. The molecule has 0 saturated carbocycles. The molecule has 1 saturated heterocycles. The maximum atomic E-state index is 13.0. The van der Waals surface area contributed by atoms with Crippen molar-refractivity contribution in [2.24, 2.45) is 5.92 Å². The van der Waals surface area contributed by atoms with Gasteiger partial charge in [0.15, 0.2) is 11.5 Å². The predicted molar refractivity (Wildman–Crippen MR) is 138 cm³/mol. The van der Waals surface area contributed by atoms with Crippen molar-refractivity contribution >= 4 is 34.3 Å². The first-order valence-corrected chi connectivity index (χ1v) is 12.0. The lowest BCUT2D eigenvalue weighted by Gasteiger charge is -2.28. The molecule has 0 unspecified atom stereocenters. The van der Waals surface area contributed by atoms with Crippen molar-refractivity contribution in [3.05, 3.63) is 71.5 Å². The summed E-state index contributed by atoms with van der Waals surface area (Å²) in [5.74, 6) is -0.197. The van der Waals surface area contributed by atoms with E-state index in [0.717, 1.165) is 36.9 Å². The Balaban J connectivity index is 1.54. The smallest absolute Gasteiger partial charge is 0.360 e. The van der Waals surface area contributed by atoms with E-state index >= 15 is 0 Å². The molecule has 0 aliphatic carbocycles. The molecule has 1 fully saturated rings. The number of carbonyl (C=O) groups is 1. The van der Waals surface area contributed by atoms with Crippen molar-refractivity contribution in [3.8, 4) is 22.5 Å². The largest absolute Gasteiger partial charge is 0.461 e. The van der Waals surface area contributed by atoms with Crippen LogP contribution in [0.5, 0.6) is 0 Å². The molecule has 0 radical (unpaired) electrons. The molecular formula is C27H26ClN5O2. The van der Waals surface area contributed by atoms with Gasteiger partial charge in [0.2, 0.25) is 0 Å². The zero-order valence-electron chi connectivity index (χ0n) is 19.4. The van der Waals surface area contributed by atoms with Gasteiger partial charge in [0, 0.05) is 22.7 Å². The van der Waals surface area contributed by atoms with E-state index in [2.05, 4.69) is 21.9 Å². The molecule has 4 aromatic rings. The van der Waals surface area contributed by atoms with E-state index in [1.165, 1.54) is 0 Å². The van der Waals surface area contributed by atoms with Gasteiger partial charge in [0.1, 0.15) is 0 Å². The van der Waals surface area contributed by atoms with Gasteiger partial charge in [-0.2, -0.15) is 0 Å². The van der Waals surface area contributed by atoms with E-state index in [-0.39, 0.29) is 11.5 Å². The van der Waals surface area contributed by atoms with Gasteiger partial charge in [0.25, 0.3) is 0 Å². The van der Waals surface area contributed by atoms with Crippen LogP contribution in [-0.2, 0) is 4.74 Å². The highest BCUT2D eigenvalue weighted by molar-refractivity contribution is 6.35. The fourth-order valence-corrected chi connectivity index (χ4v) is 4.65. The summed E-state index contributed by atoms with van der Waals surface area (Å²) in [4.78, 5) is 29.0. The van der Waals surface area contributed by atoms with Crippen molar-refractivity contribution in [2.45, 2.75) is 12.8 Å². The number of fused-ring (bicyclic) bond motifs is 1. The Morgan fingerprint density at radius 1 is 1.06 bits per heavy atom. The Kier molecular flexibility index (Phi) is 6.61. The number of ether oxygens (including phenoxy) is 1. The van der Waals surface area contributed by atoms with Crippen LogP contribution in [0.4, 0.5) is 5.82 Å². The molecule has 35 heavy (non-hydrogen) atoms. The molecule has 2 aromatic carbocycles. The quantitative estimate of drug-likeness (QED) is 0.391. The van der Waals surface area contributed by atoms with Crippen molar-refractivity contribution < 1.29 is 9.53 Å². The van der Waals surface area contributed by atoms with Gasteiger partial charge in [0.05, 0.1) is 28.5 Å². The minimum absolute atomic E-state index is 0.00927. The molecule has 0 amide bonds. The van der Waals surface area contributed by atoms with Gasteiger partial charge in [-0.25, -0.2) is 14.8 Å². The van der Waals surface area contributed by atoms with Crippen LogP contribution in [0.1, 0.15) is 23.3 Å². The second kappa shape index (κ2) is 9.98. The van der Waals surface area contributed by atoms with E-state index in [1.807, 2.05) is 48.5 Å². The van der Waals surface area contributed by atoms with Gasteiger partial charge in [-0.05, 0) is 57.1 Å². The van der Waals surface area contributed by atoms with Gasteiger partial charge in [-0.3, -0.25) is 4.98 Å². The summed E-state index contributed by atoms with van der Waals surface area (Å²) in [7, 11) is 2.10. The Labute approximate surface area is 208 Å². The lowest BCUT2D eigenvalue weighted by Crippen LogP contribution is -2.32. The SMILES string of the molecule is CN1CCC(COC(=O)c2nc(-c3cc(Cl)c4ncccc4c3)c(-c3ccccc3)nc2N)CC1. The molecule has 1 aliphatic rings. The molecule has 8 heteroatoms. The molecule has 2 N–H and O–H groups in total. The van der Waals surface area contributed by atoms with Gasteiger partial charge >= 0.3 is 5.97 Å². The lowest BCUT2D eigenvalue weighted by atomic mass is 9.98. The minimum Gasteiger partial charge on any atom is -0.461 e. The van der Waals surface area contributed by atoms with E-state index in [0.29, 0.717) is 40.0 Å². The summed E-state index contributed by atoms with van der Waals surface area (Å²) in [6.07, 6.45) is 3.68. The molecule has 0 bridgehead atoms. The molecule has 0 spiro atoms. The number of esters is 1. The Bertz CT molecular complexity index is 1370. The topological polar surface area (TPSA) is 94.2 Å². The number of nitrogens with zero attached hydrogens (tertiary/aromatic N) is 4. The standard InChI is InChI=1S/C27H26ClN5O2/c1-33-12-9-17(10-13-33)16-35-27(34)25-26(29)32-23(18-6-3-2-4-7-18)24(31-25)20-14-19-8-5-11-30-22(19)21(28)15-20/h2-8,11,14-15,17H,9-10,12-13,16H2,1H3,(H2,29,32). The zero-order chi connectivity index (χ0) is 24.4. The van der Waals surface area contributed by atoms with E-state index < -0.39 is 5.97 Å². The number of benzene rings is 2. The van der Waals surface area contributed by atoms with Gasteiger partial charge in [-0.1, -0.05) is 48.0 Å². The van der Waals surface area contributed by atoms with Crippen LogP contribution < -0.4 is 5.73 Å². The van der Waals surface area contributed by atoms with Crippen LogP contribution in [-0.4, -0.2) is 52.6 Å². The number of rotatable bonds is 5. The Hall–Kier alpha value is -3.55. The molecule has 7 nitrogen and oxygen atoms in total. The van der Waals surface area contributed by atoms with Gasteiger partial charge < -0.3 is 15.4 Å². The number of piperidine rings is 1. The number of hydrogen-bond acceptors (Lipinski definition) is 7. The third-order valence-corrected chi connectivity index (χ3v) is 6.67. The summed E-state index contributed by atoms with van der Waals surface area (Å²) in [5, 5.41) is 1.35. The van der Waals surface area contributed by atoms with Crippen LogP contribution in [0.2, 0.25) is 5.02 Å². The van der Waals surface area contributed by atoms with Crippen LogP contribution in [0.15, 0.2) is 60.8 Å². The number of nitrogens with two attached hydrogens (primary N) is 1. The summed E-state index contributed by atoms with van der Waals surface area (Å²) in [5.41, 5.74) is 9.55. The highest BCUT2D eigenvalue weighted by atomic mass is 35.5. The molecule has 1 aliphatic heterocycles. The summed E-state index contributed by atoms with van der Waals surface area (Å²) in [6.45, 7) is 2.34. The van der Waals surface area contributed by atoms with Crippen LogP contribution in [0.25, 0.3) is 33.4 Å². The average Bonchev–Trinajstić information content (AvgIpc) is 2.88. The number of aromatic nitrogens is 3. The second-order valence-electron chi connectivity index (χ2n) is 8.90. The fraction of sp³-hybridized carbons (Fsp3) is 0.259. The zero-order valence-corrected chi connectivity index (χ0v) is 20.2. The summed E-state index contributed by atoms with van der Waals surface area (Å²) >= 11 is 6.56. The predicted octanol–water partition coefficient (Wildman–Crippen LogP) is 5.09. The number of likely N-dealkylation sites (tertiary alicyclic amines) is 1. The first kappa shape index (κ1) is 23.2.